The highest BCUT2D eigenvalue weighted by Crippen LogP contribution is 2.38. The lowest BCUT2D eigenvalue weighted by Gasteiger charge is -2.30. The zero-order chi connectivity index (χ0) is 24.9. The molecule has 0 radical (unpaired) electrons. The van der Waals surface area contributed by atoms with Gasteiger partial charge in [-0.1, -0.05) is 12.1 Å². The van der Waals surface area contributed by atoms with Gasteiger partial charge in [-0.25, -0.2) is 9.07 Å². The van der Waals surface area contributed by atoms with Gasteiger partial charge < -0.3 is 10.6 Å². The van der Waals surface area contributed by atoms with Gasteiger partial charge in [0.05, 0.1) is 17.3 Å². The zero-order valence-electron chi connectivity index (χ0n) is 18.6. The van der Waals surface area contributed by atoms with Crippen LogP contribution in [0.2, 0.25) is 0 Å². The Bertz CT molecular complexity index is 1510. The van der Waals surface area contributed by atoms with E-state index in [1.54, 1.807) is 31.5 Å². The predicted octanol–water partition coefficient (Wildman–Crippen LogP) is 5.83. The van der Waals surface area contributed by atoms with Crippen LogP contribution in [-0.2, 0) is 11.0 Å². The van der Waals surface area contributed by atoms with Gasteiger partial charge >= 0.3 is 6.18 Å². The van der Waals surface area contributed by atoms with Crippen LogP contribution in [0.5, 0.6) is 0 Å². The van der Waals surface area contributed by atoms with Gasteiger partial charge in [-0.2, -0.15) is 18.3 Å². The number of pyridine rings is 1. The molecular weight excluding hydrogens is 462 g/mol. The Hall–Kier alpha value is -4.21. The molecule has 1 unspecified atom stereocenters. The fraction of sp³-hybridized carbons (Fsp3) is 0.160. The summed E-state index contributed by atoms with van der Waals surface area (Å²) in [6.07, 6.45) is 0.105. The first-order chi connectivity index (χ1) is 16.6. The molecule has 1 aliphatic heterocycles. The van der Waals surface area contributed by atoms with Gasteiger partial charge in [0.15, 0.2) is 0 Å². The van der Waals surface area contributed by atoms with E-state index in [0.717, 1.165) is 22.4 Å². The van der Waals surface area contributed by atoms with Crippen molar-refractivity contribution in [2.24, 2.45) is 0 Å². The van der Waals surface area contributed by atoms with Crippen LogP contribution >= 0.6 is 0 Å². The molecule has 1 aliphatic rings. The number of amides is 1. The van der Waals surface area contributed by atoms with Crippen LogP contribution < -0.4 is 10.6 Å². The molecule has 2 aromatic heterocycles. The minimum atomic E-state index is -4.83. The van der Waals surface area contributed by atoms with Crippen LogP contribution in [0.15, 0.2) is 72.3 Å². The summed E-state index contributed by atoms with van der Waals surface area (Å²) in [7, 11) is 0. The first kappa shape index (κ1) is 22.6. The Morgan fingerprint density at radius 3 is 2.63 bits per heavy atom. The zero-order valence-corrected chi connectivity index (χ0v) is 18.6. The number of benzene rings is 2. The number of allylic oxidation sites excluding steroid dienone is 1. The summed E-state index contributed by atoms with van der Waals surface area (Å²) in [4.78, 5) is 17.7. The number of nitrogens with zero attached hydrogens (tertiary/aromatic N) is 3. The highest BCUT2D eigenvalue weighted by Gasteiger charge is 2.37. The molecule has 0 fully saturated rings. The SMILES string of the molecule is CC1=C(C(=O)Nc2ccc3cncc(C)c3c2)C(c2ccc(C(F)(F)F)c(F)c2)n2nccc2N1. The van der Waals surface area contributed by atoms with Gasteiger partial charge in [-0.05, 0) is 54.6 Å². The average Bonchev–Trinajstić information content (AvgIpc) is 3.25. The fourth-order valence-corrected chi connectivity index (χ4v) is 4.32. The van der Waals surface area contributed by atoms with Gasteiger partial charge in [0.2, 0.25) is 0 Å². The van der Waals surface area contributed by atoms with Gasteiger partial charge in [0.25, 0.3) is 5.91 Å². The highest BCUT2D eigenvalue weighted by atomic mass is 19.4. The number of carbonyl (C=O) groups excluding carboxylic acids is 1. The van der Waals surface area contributed by atoms with Crippen LogP contribution in [0.25, 0.3) is 10.8 Å². The van der Waals surface area contributed by atoms with Crippen molar-refractivity contribution < 1.29 is 22.4 Å². The second-order valence-electron chi connectivity index (χ2n) is 8.31. The number of anilines is 2. The van der Waals surface area contributed by atoms with Crippen molar-refractivity contribution in [3.05, 3.63) is 94.8 Å². The van der Waals surface area contributed by atoms with Crippen molar-refractivity contribution in [1.82, 2.24) is 14.8 Å². The van der Waals surface area contributed by atoms with E-state index in [9.17, 15) is 22.4 Å². The fourth-order valence-electron chi connectivity index (χ4n) is 4.32. The topological polar surface area (TPSA) is 71.8 Å². The van der Waals surface area contributed by atoms with Crippen molar-refractivity contribution in [2.75, 3.05) is 10.6 Å². The van der Waals surface area contributed by atoms with Gasteiger partial charge in [-0.3, -0.25) is 9.78 Å². The molecule has 35 heavy (non-hydrogen) atoms. The number of alkyl halides is 3. The van der Waals surface area contributed by atoms with Crippen LogP contribution in [0.1, 0.15) is 29.7 Å². The van der Waals surface area contributed by atoms with E-state index in [1.165, 1.54) is 16.9 Å². The maximum atomic E-state index is 14.5. The molecule has 5 rings (SSSR count). The number of aryl methyl sites for hydroxylation is 1. The second-order valence-corrected chi connectivity index (χ2v) is 8.31. The van der Waals surface area contributed by atoms with E-state index >= 15 is 0 Å². The summed E-state index contributed by atoms with van der Waals surface area (Å²) in [5.74, 6) is -1.39. The molecule has 0 spiro atoms. The van der Waals surface area contributed by atoms with Crippen LogP contribution in [0, 0.1) is 12.7 Å². The Morgan fingerprint density at radius 2 is 1.89 bits per heavy atom. The van der Waals surface area contributed by atoms with E-state index in [2.05, 4.69) is 20.7 Å². The number of carbonyl (C=O) groups is 1. The molecule has 0 saturated carbocycles. The number of fused-ring (bicyclic) bond motifs is 2. The van der Waals surface area contributed by atoms with Crippen molar-refractivity contribution >= 4 is 28.2 Å². The predicted molar refractivity (Wildman–Crippen MR) is 123 cm³/mol. The lowest BCUT2D eigenvalue weighted by molar-refractivity contribution is -0.140. The highest BCUT2D eigenvalue weighted by molar-refractivity contribution is 6.07. The maximum Gasteiger partial charge on any atom is 0.419 e. The van der Waals surface area contributed by atoms with Gasteiger partial charge in [0, 0.05) is 35.2 Å². The molecule has 10 heteroatoms. The summed E-state index contributed by atoms with van der Waals surface area (Å²) in [5, 5.41) is 12.0. The first-order valence-corrected chi connectivity index (χ1v) is 10.7. The quantitative estimate of drug-likeness (QED) is 0.362. The number of aromatic nitrogens is 3. The summed E-state index contributed by atoms with van der Waals surface area (Å²) in [6.45, 7) is 3.59. The minimum absolute atomic E-state index is 0.159. The van der Waals surface area contributed by atoms with E-state index in [1.807, 2.05) is 19.1 Å². The van der Waals surface area contributed by atoms with E-state index in [-0.39, 0.29) is 11.1 Å². The molecule has 4 aromatic rings. The number of nitrogens with one attached hydrogen (secondary N) is 2. The molecule has 0 bridgehead atoms. The molecule has 178 valence electrons. The Balaban J connectivity index is 1.56. The largest absolute Gasteiger partial charge is 0.419 e. The van der Waals surface area contributed by atoms with Crippen LogP contribution in [0.4, 0.5) is 29.1 Å². The molecule has 0 aliphatic carbocycles. The molecule has 1 atom stereocenters. The minimum Gasteiger partial charge on any atom is -0.344 e. The van der Waals surface area contributed by atoms with Crippen molar-refractivity contribution in [1.29, 1.82) is 0 Å². The molecule has 6 nitrogen and oxygen atoms in total. The van der Waals surface area contributed by atoms with Gasteiger partial charge in [0.1, 0.15) is 17.7 Å². The van der Waals surface area contributed by atoms with Crippen LogP contribution in [-0.4, -0.2) is 20.7 Å². The summed E-state index contributed by atoms with van der Waals surface area (Å²) < 4.78 is 55.3. The molecule has 0 saturated heterocycles. The molecule has 1 amide bonds. The maximum absolute atomic E-state index is 14.5. The standard InChI is InChI=1S/C25H19F4N5O/c1-13-11-30-12-16-3-5-17(10-18(13)16)33-24(35)22-14(2)32-21-7-8-31-34(21)23(22)15-4-6-19(20(26)9-15)25(27,28)29/h3-12,23,32H,1-2H3,(H,33,35). The number of rotatable bonds is 3. The van der Waals surface area contributed by atoms with E-state index < -0.39 is 29.5 Å². The van der Waals surface area contributed by atoms with Crippen LogP contribution in [0.3, 0.4) is 0 Å². The van der Waals surface area contributed by atoms with Crippen molar-refractivity contribution in [3.8, 4) is 0 Å². The Labute approximate surface area is 197 Å². The molecule has 2 N–H and O–H groups in total. The second kappa shape index (κ2) is 8.23. The van der Waals surface area contributed by atoms with E-state index in [4.69, 9.17) is 0 Å². The summed E-state index contributed by atoms with van der Waals surface area (Å²) >= 11 is 0. The Kier molecular flexibility index (Phi) is 5.31. The number of halogens is 4. The first-order valence-electron chi connectivity index (χ1n) is 10.7. The van der Waals surface area contributed by atoms with Crippen molar-refractivity contribution in [3.63, 3.8) is 0 Å². The Morgan fingerprint density at radius 1 is 1.09 bits per heavy atom. The average molecular weight is 481 g/mol. The van der Waals surface area contributed by atoms with Gasteiger partial charge in [-0.15, -0.1) is 0 Å². The monoisotopic (exact) mass is 481 g/mol. The number of hydrogen-bond acceptors (Lipinski definition) is 4. The molecule has 3 heterocycles. The number of hydrogen-bond donors (Lipinski definition) is 2. The third-order valence-corrected chi connectivity index (χ3v) is 5.98. The normalized spacial score (nSPS) is 15.7. The summed E-state index contributed by atoms with van der Waals surface area (Å²) in [5.41, 5.74) is 0.928. The lowest BCUT2D eigenvalue weighted by atomic mass is 9.93. The molecule has 2 aromatic carbocycles. The van der Waals surface area contributed by atoms with Crippen molar-refractivity contribution in [2.45, 2.75) is 26.1 Å². The third kappa shape index (κ3) is 4.01. The third-order valence-electron chi connectivity index (χ3n) is 5.98. The van der Waals surface area contributed by atoms with E-state index in [0.29, 0.717) is 23.3 Å². The smallest absolute Gasteiger partial charge is 0.344 e. The summed E-state index contributed by atoms with van der Waals surface area (Å²) in [6, 6.07) is 8.76. The molecular formula is C25H19F4N5O. The lowest BCUT2D eigenvalue weighted by Crippen LogP contribution is -2.31.